The molecule has 0 aliphatic heterocycles. The first-order chi connectivity index (χ1) is 12.0. The van der Waals surface area contributed by atoms with Gasteiger partial charge in [-0.1, -0.05) is 18.2 Å². The summed E-state index contributed by atoms with van der Waals surface area (Å²) in [4.78, 5) is 24.0. The van der Waals surface area contributed by atoms with Crippen LogP contribution in [0.25, 0.3) is 0 Å². The highest BCUT2D eigenvalue weighted by Crippen LogP contribution is 2.32. The smallest absolute Gasteiger partial charge is 0.241 e. The van der Waals surface area contributed by atoms with Crippen molar-refractivity contribution in [1.29, 1.82) is 0 Å². The van der Waals surface area contributed by atoms with E-state index in [9.17, 15) is 14.0 Å². The summed E-state index contributed by atoms with van der Waals surface area (Å²) in [7, 11) is 0. The first-order valence-electron chi connectivity index (χ1n) is 8.36. The molecule has 7 heteroatoms. The van der Waals surface area contributed by atoms with Gasteiger partial charge in [-0.3, -0.25) is 14.3 Å². The topological polar surface area (TPSA) is 76.0 Å². The van der Waals surface area contributed by atoms with E-state index in [2.05, 4.69) is 15.7 Å². The molecule has 6 nitrogen and oxygen atoms in total. The molecule has 1 aliphatic rings. The van der Waals surface area contributed by atoms with Crippen molar-refractivity contribution in [2.45, 2.75) is 38.8 Å². The van der Waals surface area contributed by atoms with E-state index in [0.29, 0.717) is 17.2 Å². The Labute approximate surface area is 145 Å². The maximum atomic E-state index is 13.6. The van der Waals surface area contributed by atoms with Gasteiger partial charge in [-0.2, -0.15) is 5.10 Å². The first-order valence-corrected chi connectivity index (χ1v) is 8.36. The highest BCUT2D eigenvalue weighted by molar-refractivity contribution is 5.92. The third-order valence-electron chi connectivity index (χ3n) is 4.25. The summed E-state index contributed by atoms with van der Waals surface area (Å²) in [5, 5.41) is 9.68. The second-order valence-corrected chi connectivity index (χ2v) is 6.44. The Bertz CT molecular complexity index is 770. The van der Waals surface area contributed by atoms with E-state index in [-0.39, 0.29) is 30.8 Å². The molecule has 132 valence electrons. The van der Waals surface area contributed by atoms with Crippen LogP contribution >= 0.6 is 0 Å². The largest absolute Gasteiger partial charge is 0.352 e. The van der Waals surface area contributed by atoms with Crippen LogP contribution in [0.4, 0.5) is 10.1 Å². The maximum Gasteiger partial charge on any atom is 0.241 e. The van der Waals surface area contributed by atoms with Crippen molar-refractivity contribution in [3.05, 3.63) is 48.0 Å². The van der Waals surface area contributed by atoms with Gasteiger partial charge in [0, 0.05) is 12.2 Å². The van der Waals surface area contributed by atoms with Gasteiger partial charge in [-0.05, 0) is 37.3 Å². The lowest BCUT2D eigenvalue weighted by Gasteiger charge is -2.12. The minimum atomic E-state index is -0.408. The summed E-state index contributed by atoms with van der Waals surface area (Å²) < 4.78 is 15.0. The molecule has 1 heterocycles. The predicted molar refractivity (Wildman–Crippen MR) is 91.3 cm³/mol. The summed E-state index contributed by atoms with van der Waals surface area (Å²) in [6, 6.07) is 6.34. The van der Waals surface area contributed by atoms with E-state index >= 15 is 0 Å². The average molecular weight is 344 g/mol. The Morgan fingerprint density at radius 3 is 2.80 bits per heavy atom. The first kappa shape index (κ1) is 17.1. The van der Waals surface area contributed by atoms with Crippen LogP contribution in [0.2, 0.25) is 0 Å². The number of hydrogen-bond acceptors (Lipinski definition) is 3. The van der Waals surface area contributed by atoms with Gasteiger partial charge in [0.05, 0.1) is 18.3 Å². The lowest BCUT2D eigenvalue weighted by atomic mass is 10.1. The summed E-state index contributed by atoms with van der Waals surface area (Å²) in [5.74, 6) is -0.257. The normalized spacial score (nSPS) is 14.8. The van der Waals surface area contributed by atoms with Gasteiger partial charge >= 0.3 is 0 Å². The summed E-state index contributed by atoms with van der Waals surface area (Å²) in [5.41, 5.74) is 0.810. The van der Waals surface area contributed by atoms with Crippen molar-refractivity contribution in [1.82, 2.24) is 15.1 Å². The number of nitrogens with zero attached hydrogens (tertiary/aromatic N) is 2. The molecule has 1 saturated carbocycles. The summed E-state index contributed by atoms with van der Waals surface area (Å²) in [6.45, 7) is 2.10. The number of anilines is 1. The van der Waals surface area contributed by atoms with Crippen LogP contribution in [0.5, 0.6) is 0 Å². The van der Waals surface area contributed by atoms with Gasteiger partial charge < -0.3 is 10.6 Å². The second kappa shape index (κ2) is 7.46. The van der Waals surface area contributed by atoms with Gasteiger partial charge in [0.15, 0.2) is 0 Å². The minimum Gasteiger partial charge on any atom is -0.352 e. The second-order valence-electron chi connectivity index (χ2n) is 6.44. The molecule has 1 aliphatic carbocycles. The van der Waals surface area contributed by atoms with Gasteiger partial charge in [-0.15, -0.1) is 0 Å². The van der Waals surface area contributed by atoms with Gasteiger partial charge in [0.25, 0.3) is 0 Å². The Morgan fingerprint density at radius 2 is 2.08 bits per heavy atom. The molecule has 1 fully saturated rings. The van der Waals surface area contributed by atoms with Gasteiger partial charge in [0.2, 0.25) is 11.8 Å². The van der Waals surface area contributed by atoms with Gasteiger partial charge in [-0.25, -0.2) is 4.39 Å². The number of aromatic nitrogens is 2. The molecule has 0 saturated heterocycles. The zero-order valence-electron chi connectivity index (χ0n) is 14.0. The Hall–Kier alpha value is -2.70. The van der Waals surface area contributed by atoms with Crippen LogP contribution in [0.15, 0.2) is 36.7 Å². The number of benzene rings is 1. The fraction of sp³-hybridized carbons (Fsp3) is 0.389. The van der Waals surface area contributed by atoms with Crippen LogP contribution in [-0.4, -0.2) is 27.6 Å². The molecule has 25 heavy (non-hydrogen) atoms. The van der Waals surface area contributed by atoms with Crippen molar-refractivity contribution < 1.29 is 14.0 Å². The van der Waals surface area contributed by atoms with Crippen molar-refractivity contribution in [2.75, 3.05) is 5.32 Å². The van der Waals surface area contributed by atoms with E-state index in [1.54, 1.807) is 24.4 Å². The predicted octanol–water partition coefficient (Wildman–Crippen LogP) is 2.12. The highest BCUT2D eigenvalue weighted by Gasteiger charge is 2.28. The van der Waals surface area contributed by atoms with Crippen molar-refractivity contribution in [3.63, 3.8) is 0 Å². The van der Waals surface area contributed by atoms with Crippen molar-refractivity contribution in [2.24, 2.45) is 5.92 Å². The SMILES string of the molecule is CC(NC(=O)Cn1cc(NC(=O)Cc2ccccc2F)cn1)C1CC1. The maximum absolute atomic E-state index is 13.6. The van der Waals surface area contributed by atoms with Crippen molar-refractivity contribution >= 4 is 17.5 Å². The van der Waals surface area contributed by atoms with E-state index in [1.165, 1.54) is 29.8 Å². The molecular formula is C18H21FN4O2. The molecule has 3 rings (SSSR count). The molecule has 0 bridgehead atoms. The minimum absolute atomic E-state index is 0.0583. The number of carbonyl (C=O) groups is 2. The fourth-order valence-corrected chi connectivity index (χ4v) is 2.70. The van der Waals surface area contributed by atoms with Crippen LogP contribution in [0, 0.1) is 11.7 Å². The van der Waals surface area contributed by atoms with E-state index in [1.807, 2.05) is 6.92 Å². The molecule has 2 N–H and O–H groups in total. The molecule has 0 radical (unpaired) electrons. The summed E-state index contributed by atoms with van der Waals surface area (Å²) in [6.07, 6.45) is 5.33. The molecular weight excluding hydrogens is 323 g/mol. The number of halogens is 1. The number of amides is 2. The third-order valence-corrected chi connectivity index (χ3v) is 4.25. The highest BCUT2D eigenvalue weighted by atomic mass is 19.1. The number of carbonyl (C=O) groups excluding carboxylic acids is 2. The Kier molecular flexibility index (Phi) is 5.11. The quantitative estimate of drug-likeness (QED) is 0.808. The lowest BCUT2D eigenvalue weighted by Crippen LogP contribution is -2.36. The molecule has 1 unspecified atom stereocenters. The van der Waals surface area contributed by atoms with E-state index < -0.39 is 5.82 Å². The number of hydrogen-bond donors (Lipinski definition) is 2. The van der Waals surface area contributed by atoms with Crippen LogP contribution < -0.4 is 10.6 Å². The lowest BCUT2D eigenvalue weighted by molar-refractivity contribution is -0.122. The summed E-state index contributed by atoms with van der Waals surface area (Å²) >= 11 is 0. The third kappa shape index (κ3) is 4.89. The monoisotopic (exact) mass is 344 g/mol. The molecule has 1 atom stereocenters. The fourth-order valence-electron chi connectivity index (χ4n) is 2.70. The number of nitrogens with one attached hydrogen (secondary N) is 2. The van der Waals surface area contributed by atoms with Crippen molar-refractivity contribution in [3.8, 4) is 0 Å². The average Bonchev–Trinajstić information content (AvgIpc) is 3.32. The number of rotatable bonds is 7. The molecule has 2 amide bonds. The standard InChI is InChI=1S/C18H21FN4O2/c1-12(13-6-7-13)21-18(25)11-23-10-15(9-20-23)22-17(24)8-14-4-2-3-5-16(14)19/h2-5,9-10,12-13H,6-8,11H2,1H3,(H,21,25)(H,22,24). The Morgan fingerprint density at radius 1 is 1.32 bits per heavy atom. The molecule has 2 aromatic rings. The Balaban J connectivity index is 1.50. The zero-order valence-corrected chi connectivity index (χ0v) is 14.0. The zero-order chi connectivity index (χ0) is 17.8. The van der Waals surface area contributed by atoms with E-state index in [4.69, 9.17) is 0 Å². The van der Waals surface area contributed by atoms with Gasteiger partial charge in [0.1, 0.15) is 12.4 Å². The van der Waals surface area contributed by atoms with Crippen LogP contribution in [0.3, 0.4) is 0 Å². The molecule has 0 spiro atoms. The molecule has 1 aromatic carbocycles. The molecule has 1 aromatic heterocycles. The van der Waals surface area contributed by atoms with E-state index in [0.717, 1.165) is 0 Å². The van der Waals surface area contributed by atoms with Crippen LogP contribution in [-0.2, 0) is 22.6 Å². The van der Waals surface area contributed by atoms with Crippen LogP contribution in [0.1, 0.15) is 25.3 Å².